The van der Waals surface area contributed by atoms with E-state index in [0.29, 0.717) is 11.4 Å². The van der Waals surface area contributed by atoms with Crippen LogP contribution in [-0.2, 0) is 14.8 Å². The van der Waals surface area contributed by atoms with Crippen molar-refractivity contribution >= 4 is 21.6 Å². The summed E-state index contributed by atoms with van der Waals surface area (Å²) >= 11 is 0. The average molecular weight is 392 g/mol. The maximum Gasteiger partial charge on any atom is 0.244 e. The number of hydrogen-bond donors (Lipinski definition) is 2. The van der Waals surface area contributed by atoms with Crippen LogP contribution >= 0.6 is 0 Å². The zero-order chi connectivity index (χ0) is 20.2. The van der Waals surface area contributed by atoms with Gasteiger partial charge in [0.2, 0.25) is 15.9 Å². The summed E-state index contributed by atoms with van der Waals surface area (Å²) in [6, 6.07) is 8.51. The number of anilines is 1. The molecule has 0 heterocycles. The number of methoxy groups -OCH3 is 2. The van der Waals surface area contributed by atoms with Crippen molar-refractivity contribution in [2.75, 3.05) is 26.1 Å². The van der Waals surface area contributed by atoms with Crippen molar-refractivity contribution in [1.29, 1.82) is 0 Å². The van der Waals surface area contributed by atoms with Gasteiger partial charge in [-0.25, -0.2) is 13.1 Å². The van der Waals surface area contributed by atoms with E-state index in [2.05, 4.69) is 10.0 Å². The molecule has 0 aliphatic heterocycles. The van der Waals surface area contributed by atoms with Gasteiger partial charge in [0.25, 0.3) is 0 Å². The highest BCUT2D eigenvalue weighted by atomic mass is 32.2. The summed E-state index contributed by atoms with van der Waals surface area (Å²) in [6.07, 6.45) is 0. The first kappa shape index (κ1) is 20.7. The van der Waals surface area contributed by atoms with Gasteiger partial charge in [0, 0.05) is 0 Å². The largest absolute Gasteiger partial charge is 0.495 e. The van der Waals surface area contributed by atoms with Gasteiger partial charge in [0.05, 0.1) is 26.5 Å². The van der Waals surface area contributed by atoms with Crippen LogP contribution in [0.2, 0.25) is 0 Å². The van der Waals surface area contributed by atoms with Crippen LogP contribution in [0, 0.1) is 20.8 Å². The van der Waals surface area contributed by atoms with E-state index in [1.165, 1.54) is 20.3 Å². The zero-order valence-corrected chi connectivity index (χ0v) is 16.9. The van der Waals surface area contributed by atoms with Crippen LogP contribution in [0.5, 0.6) is 11.5 Å². The molecular formula is C19H24N2O5S. The van der Waals surface area contributed by atoms with Gasteiger partial charge in [-0.1, -0.05) is 6.07 Å². The summed E-state index contributed by atoms with van der Waals surface area (Å²) in [5.41, 5.74) is 3.14. The number of ether oxygens (including phenoxy) is 2. The molecule has 2 N–H and O–H groups in total. The molecule has 27 heavy (non-hydrogen) atoms. The minimum Gasteiger partial charge on any atom is -0.495 e. The predicted octanol–water partition coefficient (Wildman–Crippen LogP) is 2.55. The highest BCUT2D eigenvalue weighted by Gasteiger charge is 2.21. The second-order valence-electron chi connectivity index (χ2n) is 6.16. The second-order valence-corrected chi connectivity index (χ2v) is 7.90. The number of benzene rings is 2. The van der Waals surface area contributed by atoms with Crippen LogP contribution in [0.15, 0.2) is 35.2 Å². The van der Waals surface area contributed by atoms with Crippen molar-refractivity contribution in [1.82, 2.24) is 4.72 Å². The van der Waals surface area contributed by atoms with Crippen LogP contribution in [0.3, 0.4) is 0 Å². The minimum atomic E-state index is -3.92. The molecular weight excluding hydrogens is 368 g/mol. The van der Waals surface area contributed by atoms with Crippen LogP contribution in [0.25, 0.3) is 0 Å². The van der Waals surface area contributed by atoms with Crippen LogP contribution < -0.4 is 19.5 Å². The highest BCUT2D eigenvalue weighted by molar-refractivity contribution is 7.89. The quantitative estimate of drug-likeness (QED) is 0.755. The number of sulfonamides is 1. The van der Waals surface area contributed by atoms with E-state index in [-0.39, 0.29) is 10.6 Å². The molecule has 2 aromatic rings. The van der Waals surface area contributed by atoms with Gasteiger partial charge >= 0.3 is 0 Å². The van der Waals surface area contributed by atoms with Gasteiger partial charge in [-0.2, -0.15) is 0 Å². The summed E-state index contributed by atoms with van der Waals surface area (Å²) in [7, 11) is -1.02. The Kier molecular flexibility index (Phi) is 6.45. The number of amides is 1. The summed E-state index contributed by atoms with van der Waals surface area (Å²) in [4.78, 5) is 12.2. The van der Waals surface area contributed by atoms with Crippen molar-refractivity contribution < 1.29 is 22.7 Å². The van der Waals surface area contributed by atoms with E-state index < -0.39 is 22.5 Å². The third-order valence-corrected chi connectivity index (χ3v) is 5.54. The van der Waals surface area contributed by atoms with Gasteiger partial charge < -0.3 is 14.8 Å². The van der Waals surface area contributed by atoms with Crippen LogP contribution in [-0.4, -0.2) is 35.1 Å². The average Bonchev–Trinajstić information content (AvgIpc) is 2.62. The van der Waals surface area contributed by atoms with Crippen LogP contribution in [0.1, 0.15) is 16.7 Å². The Labute approximate surface area is 159 Å². The van der Waals surface area contributed by atoms with E-state index in [4.69, 9.17) is 9.47 Å². The Bertz CT molecular complexity index is 955. The molecule has 2 rings (SSSR count). The third kappa shape index (κ3) is 4.99. The molecule has 0 fully saturated rings. The Morgan fingerprint density at radius 3 is 2.22 bits per heavy atom. The number of aryl methyl sites for hydroxylation is 3. The van der Waals surface area contributed by atoms with Gasteiger partial charge in [-0.15, -0.1) is 0 Å². The van der Waals surface area contributed by atoms with Crippen molar-refractivity contribution in [2.45, 2.75) is 25.7 Å². The monoisotopic (exact) mass is 392 g/mol. The smallest absolute Gasteiger partial charge is 0.244 e. The molecule has 0 spiro atoms. The second kappa shape index (κ2) is 8.41. The fourth-order valence-corrected chi connectivity index (χ4v) is 3.70. The number of nitrogens with one attached hydrogen (secondary N) is 2. The molecule has 7 nitrogen and oxygen atoms in total. The molecule has 0 atom stereocenters. The molecule has 0 saturated carbocycles. The van der Waals surface area contributed by atoms with Gasteiger partial charge in [0.1, 0.15) is 16.4 Å². The predicted molar refractivity (Wildman–Crippen MR) is 104 cm³/mol. The SMILES string of the molecule is COc1ccc(C)cc1NC(=O)CNS(=O)(=O)c1cc(C)c(C)cc1OC. The lowest BCUT2D eigenvalue weighted by Crippen LogP contribution is -2.33. The summed E-state index contributed by atoms with van der Waals surface area (Å²) in [6.45, 7) is 5.13. The minimum absolute atomic E-state index is 0.00552. The van der Waals surface area contributed by atoms with Gasteiger partial charge in [0.15, 0.2) is 0 Å². The summed E-state index contributed by atoms with van der Waals surface area (Å²) in [5, 5.41) is 2.65. The molecule has 0 radical (unpaired) electrons. The number of carbonyl (C=O) groups excluding carboxylic acids is 1. The van der Waals surface area contributed by atoms with Crippen molar-refractivity contribution in [3.05, 3.63) is 47.0 Å². The van der Waals surface area contributed by atoms with Gasteiger partial charge in [-0.05, 0) is 61.7 Å². The molecule has 0 unspecified atom stereocenters. The Morgan fingerprint density at radius 2 is 1.59 bits per heavy atom. The fraction of sp³-hybridized carbons (Fsp3) is 0.316. The standard InChI is InChI=1S/C19H24N2O5S/c1-12-6-7-16(25-4)15(8-12)21-19(22)11-20-27(23,24)18-10-14(3)13(2)9-17(18)26-5/h6-10,20H,11H2,1-5H3,(H,21,22). The van der Waals surface area contributed by atoms with E-state index in [0.717, 1.165) is 16.7 Å². The Balaban J connectivity index is 2.15. The lowest BCUT2D eigenvalue weighted by Gasteiger charge is -2.14. The number of carbonyl (C=O) groups is 1. The van der Waals surface area contributed by atoms with Crippen molar-refractivity contribution in [3.63, 3.8) is 0 Å². The maximum atomic E-state index is 12.6. The van der Waals surface area contributed by atoms with E-state index in [1.54, 1.807) is 18.2 Å². The molecule has 0 saturated heterocycles. The molecule has 0 bridgehead atoms. The third-order valence-electron chi connectivity index (χ3n) is 4.12. The molecule has 2 aromatic carbocycles. The molecule has 146 valence electrons. The topological polar surface area (TPSA) is 93.7 Å². The molecule has 0 aliphatic carbocycles. The Hall–Kier alpha value is -2.58. The number of rotatable bonds is 7. The highest BCUT2D eigenvalue weighted by Crippen LogP contribution is 2.27. The number of hydrogen-bond acceptors (Lipinski definition) is 5. The van der Waals surface area contributed by atoms with E-state index in [9.17, 15) is 13.2 Å². The molecule has 1 amide bonds. The fourth-order valence-electron chi connectivity index (χ4n) is 2.48. The summed E-state index contributed by atoms with van der Waals surface area (Å²) < 4.78 is 37.9. The van der Waals surface area contributed by atoms with Gasteiger partial charge in [-0.3, -0.25) is 4.79 Å². The van der Waals surface area contributed by atoms with E-state index >= 15 is 0 Å². The first-order valence-electron chi connectivity index (χ1n) is 8.27. The first-order chi connectivity index (χ1) is 12.7. The normalized spacial score (nSPS) is 11.1. The van der Waals surface area contributed by atoms with E-state index in [1.807, 2.05) is 26.8 Å². The Morgan fingerprint density at radius 1 is 0.963 bits per heavy atom. The zero-order valence-electron chi connectivity index (χ0n) is 16.0. The first-order valence-corrected chi connectivity index (χ1v) is 9.75. The lowest BCUT2D eigenvalue weighted by atomic mass is 10.1. The van der Waals surface area contributed by atoms with Crippen molar-refractivity contribution in [3.8, 4) is 11.5 Å². The van der Waals surface area contributed by atoms with Crippen molar-refractivity contribution in [2.24, 2.45) is 0 Å². The maximum absolute atomic E-state index is 12.6. The molecule has 8 heteroatoms. The summed E-state index contributed by atoms with van der Waals surface area (Å²) in [5.74, 6) is 0.212. The lowest BCUT2D eigenvalue weighted by molar-refractivity contribution is -0.115. The van der Waals surface area contributed by atoms with Crippen LogP contribution in [0.4, 0.5) is 5.69 Å². The molecule has 0 aliphatic rings. The molecule has 0 aromatic heterocycles.